The number of hydrazine groups is 1. The molecule has 1 saturated heterocycles. The molecule has 0 aromatic rings. The average molecular weight is 186 g/mol. The Morgan fingerprint density at radius 1 is 1.46 bits per heavy atom. The average Bonchev–Trinajstić information content (AvgIpc) is 2.14. The number of hydrogen-bond acceptors (Lipinski definition) is 6. The Bertz CT molecular complexity index is 241. The van der Waals surface area contributed by atoms with Crippen LogP contribution in [0.15, 0.2) is 15.5 Å². The Morgan fingerprint density at radius 2 is 2.15 bits per heavy atom. The molecule has 0 bridgehead atoms. The predicted molar refractivity (Wildman–Crippen MR) is 42.7 cm³/mol. The molecule has 1 aliphatic rings. The molecule has 1 amide bonds. The van der Waals surface area contributed by atoms with Gasteiger partial charge in [0.25, 0.3) is 5.91 Å². The van der Waals surface area contributed by atoms with E-state index in [1.54, 1.807) is 0 Å². The Kier molecular flexibility index (Phi) is 2.85. The van der Waals surface area contributed by atoms with Crippen LogP contribution in [0.25, 0.3) is 0 Å². The van der Waals surface area contributed by atoms with Gasteiger partial charge in [-0.05, 0) is 18.0 Å². The summed E-state index contributed by atoms with van der Waals surface area (Å²) in [7, 11) is 0. The molecule has 0 radical (unpaired) electrons. The highest BCUT2D eigenvalue weighted by molar-refractivity contribution is 5.82. The molecule has 0 aromatic heterocycles. The summed E-state index contributed by atoms with van der Waals surface area (Å²) in [5.74, 6) is 9.62. The highest BCUT2D eigenvalue weighted by Crippen LogP contribution is 2.18. The van der Waals surface area contributed by atoms with Crippen LogP contribution >= 0.6 is 0 Å². The minimum Gasteiger partial charge on any atom is -0.305 e. The molecule has 2 unspecified atom stereocenters. The number of nitroso groups, excluding NO2 is 1. The van der Waals surface area contributed by atoms with Gasteiger partial charge in [0.05, 0.1) is 0 Å². The van der Waals surface area contributed by atoms with Gasteiger partial charge < -0.3 is 5.84 Å². The zero-order valence-electron chi connectivity index (χ0n) is 6.83. The van der Waals surface area contributed by atoms with Crippen LogP contribution in [0.1, 0.15) is 12.8 Å². The van der Waals surface area contributed by atoms with Crippen molar-refractivity contribution in [1.29, 1.82) is 0 Å². The van der Waals surface area contributed by atoms with Gasteiger partial charge in [-0.15, -0.1) is 4.91 Å². The van der Waals surface area contributed by atoms with Crippen LogP contribution in [0, 0.1) is 4.91 Å². The fraction of sp³-hybridized carbons (Fsp3) is 0.800. The first kappa shape index (κ1) is 9.52. The molecule has 0 aromatic carbocycles. The molecule has 1 rings (SSSR count). The van der Waals surface area contributed by atoms with E-state index < -0.39 is 18.1 Å². The fourth-order valence-electron chi connectivity index (χ4n) is 1.18. The summed E-state index contributed by atoms with van der Waals surface area (Å²) in [6, 6.07) is -0.673. The zero-order chi connectivity index (χ0) is 9.84. The highest BCUT2D eigenvalue weighted by atomic mass is 16.3. The maximum atomic E-state index is 11.3. The van der Waals surface area contributed by atoms with E-state index in [1.165, 1.54) is 0 Å². The molecule has 72 valence electrons. The van der Waals surface area contributed by atoms with Crippen LogP contribution in [0.3, 0.4) is 0 Å². The first-order valence-electron chi connectivity index (χ1n) is 3.71. The van der Waals surface area contributed by atoms with E-state index in [0.717, 1.165) is 5.01 Å². The van der Waals surface area contributed by atoms with Gasteiger partial charge in [0, 0.05) is 0 Å². The van der Waals surface area contributed by atoms with Crippen molar-refractivity contribution in [3.63, 3.8) is 0 Å². The third-order valence-corrected chi connectivity index (χ3v) is 1.89. The van der Waals surface area contributed by atoms with E-state index in [1.807, 2.05) is 0 Å². The lowest BCUT2D eigenvalue weighted by molar-refractivity contribution is -0.138. The molecule has 8 heteroatoms. The van der Waals surface area contributed by atoms with Crippen molar-refractivity contribution in [2.45, 2.75) is 25.0 Å². The number of nitrogens with zero attached hydrogens (tertiary/aromatic N) is 4. The lowest BCUT2D eigenvalue weighted by atomic mass is 10.1. The van der Waals surface area contributed by atoms with E-state index >= 15 is 0 Å². The van der Waals surface area contributed by atoms with Gasteiger partial charge in [0.2, 0.25) is 0 Å². The molecular weight excluding hydrogens is 176 g/mol. The maximum Gasteiger partial charge on any atom is 0.265 e. The molecular formula is C5H10N6O2. The summed E-state index contributed by atoms with van der Waals surface area (Å²) in [4.78, 5) is 21.5. The topological polar surface area (TPSA) is 126 Å². The lowest BCUT2D eigenvalue weighted by Crippen LogP contribution is -2.52. The Morgan fingerprint density at radius 3 is 2.69 bits per heavy atom. The Balaban J connectivity index is 2.69. The van der Waals surface area contributed by atoms with Gasteiger partial charge in [-0.25, -0.2) is 5.84 Å². The summed E-state index contributed by atoms with van der Waals surface area (Å²) in [6.07, 6.45) is -0.0178. The Labute approximate surface area is 73.9 Å². The normalized spacial score (nSPS) is 29.6. The summed E-state index contributed by atoms with van der Waals surface area (Å²) in [5.41, 5.74) is 0. The fourth-order valence-corrected chi connectivity index (χ4v) is 1.18. The van der Waals surface area contributed by atoms with Crippen LogP contribution in [0.5, 0.6) is 0 Å². The SMILES string of the molecule is NN=NC1CCC(N=O)N(N)C1=O. The van der Waals surface area contributed by atoms with Crippen molar-refractivity contribution in [3.8, 4) is 0 Å². The van der Waals surface area contributed by atoms with Crippen molar-refractivity contribution < 1.29 is 4.79 Å². The van der Waals surface area contributed by atoms with Crippen LogP contribution in [-0.4, -0.2) is 23.1 Å². The molecule has 2 atom stereocenters. The summed E-state index contributed by atoms with van der Waals surface area (Å²) >= 11 is 0. The number of nitrogens with two attached hydrogens (primary N) is 2. The van der Waals surface area contributed by atoms with E-state index in [-0.39, 0.29) is 0 Å². The van der Waals surface area contributed by atoms with Gasteiger partial charge in [-0.3, -0.25) is 9.80 Å². The minimum atomic E-state index is -0.795. The number of hydrogen-bond donors (Lipinski definition) is 2. The Hall–Kier alpha value is -1.57. The second-order valence-electron chi connectivity index (χ2n) is 2.66. The second-order valence-corrected chi connectivity index (χ2v) is 2.66. The van der Waals surface area contributed by atoms with Gasteiger partial charge in [-0.2, -0.15) is 5.11 Å². The number of rotatable bonds is 2. The molecule has 0 saturated carbocycles. The third-order valence-electron chi connectivity index (χ3n) is 1.89. The number of piperidine rings is 1. The summed E-state index contributed by atoms with van der Waals surface area (Å²) in [6.45, 7) is 0. The van der Waals surface area contributed by atoms with Crippen molar-refractivity contribution >= 4 is 5.91 Å². The molecule has 1 aliphatic heterocycles. The first-order chi connectivity index (χ1) is 6.20. The van der Waals surface area contributed by atoms with Gasteiger partial charge >= 0.3 is 0 Å². The summed E-state index contributed by atoms with van der Waals surface area (Å²) < 4.78 is 0. The molecule has 1 fully saturated rings. The van der Waals surface area contributed by atoms with Crippen molar-refractivity contribution in [1.82, 2.24) is 5.01 Å². The van der Waals surface area contributed by atoms with Gasteiger partial charge in [0.15, 0.2) is 12.2 Å². The monoisotopic (exact) mass is 186 g/mol. The minimum absolute atomic E-state index is 0.384. The third kappa shape index (κ3) is 1.78. The molecule has 0 aliphatic carbocycles. The van der Waals surface area contributed by atoms with Gasteiger partial charge in [-0.1, -0.05) is 5.22 Å². The van der Waals surface area contributed by atoms with Crippen molar-refractivity contribution in [2.24, 2.45) is 27.2 Å². The zero-order valence-corrected chi connectivity index (χ0v) is 6.83. The molecule has 8 nitrogen and oxygen atoms in total. The number of carbonyl (C=O) groups is 1. The molecule has 1 heterocycles. The molecule has 13 heavy (non-hydrogen) atoms. The van der Waals surface area contributed by atoms with E-state index in [2.05, 4.69) is 15.5 Å². The molecule has 4 N–H and O–H groups in total. The van der Waals surface area contributed by atoms with Crippen LogP contribution in [0.2, 0.25) is 0 Å². The first-order valence-corrected chi connectivity index (χ1v) is 3.71. The van der Waals surface area contributed by atoms with E-state index in [4.69, 9.17) is 11.7 Å². The number of amides is 1. The van der Waals surface area contributed by atoms with Crippen LogP contribution in [-0.2, 0) is 4.79 Å². The van der Waals surface area contributed by atoms with Gasteiger partial charge in [0.1, 0.15) is 0 Å². The van der Waals surface area contributed by atoms with Crippen LogP contribution < -0.4 is 11.7 Å². The predicted octanol–water partition coefficient (Wildman–Crippen LogP) is -0.731. The quantitative estimate of drug-likeness (QED) is 0.194. The van der Waals surface area contributed by atoms with E-state index in [9.17, 15) is 9.70 Å². The second kappa shape index (κ2) is 3.90. The standard InChI is InChI=1S/C5H10N6O2/c6-10-8-3-1-2-4(9-13)11(7)5(3)12/h3-4H,1-2,7H2,(H2,6,8). The summed E-state index contributed by atoms with van der Waals surface area (Å²) in [5, 5.41) is 9.95. The van der Waals surface area contributed by atoms with Crippen molar-refractivity contribution in [3.05, 3.63) is 4.91 Å². The lowest BCUT2D eigenvalue weighted by Gasteiger charge is -2.29. The number of carbonyl (C=O) groups excluding carboxylic acids is 1. The highest BCUT2D eigenvalue weighted by Gasteiger charge is 2.34. The van der Waals surface area contributed by atoms with Crippen molar-refractivity contribution in [2.75, 3.05) is 0 Å². The van der Waals surface area contributed by atoms with E-state index in [0.29, 0.717) is 12.8 Å². The molecule has 0 spiro atoms. The largest absolute Gasteiger partial charge is 0.305 e. The smallest absolute Gasteiger partial charge is 0.265 e. The van der Waals surface area contributed by atoms with Crippen LogP contribution in [0.4, 0.5) is 0 Å². The maximum absolute atomic E-state index is 11.3.